The van der Waals surface area contributed by atoms with Crippen molar-refractivity contribution in [2.75, 3.05) is 19.8 Å². The molecule has 1 fully saturated rings. The Hall–Kier alpha value is -1.39. The van der Waals surface area contributed by atoms with Crippen molar-refractivity contribution in [3.63, 3.8) is 0 Å². The molecule has 29 heavy (non-hydrogen) atoms. The molecule has 2 heterocycles. The van der Waals surface area contributed by atoms with Gasteiger partial charge >= 0.3 is 0 Å². The highest BCUT2D eigenvalue weighted by molar-refractivity contribution is 14.0. The SMILES string of the molecule is CCNC(=NCc1ccc(C)cc1OC1CCOC1)NCc1nc(C)c(C)s1.I. The van der Waals surface area contributed by atoms with Gasteiger partial charge in [-0.2, -0.15) is 0 Å². The van der Waals surface area contributed by atoms with E-state index in [2.05, 4.69) is 54.6 Å². The van der Waals surface area contributed by atoms with Gasteiger partial charge in [-0.05, 0) is 39.3 Å². The summed E-state index contributed by atoms with van der Waals surface area (Å²) < 4.78 is 11.6. The molecule has 6 nitrogen and oxygen atoms in total. The molecule has 1 aromatic carbocycles. The Balaban J connectivity index is 0.00000300. The standard InChI is InChI=1S/C21H30N4O2S.HI/c1-5-22-21(24-12-20-25-15(3)16(4)28-20)23-11-17-7-6-14(2)10-19(17)27-18-8-9-26-13-18;/h6-7,10,18H,5,8-9,11-13H2,1-4H3,(H2,22,23,24);1H. The van der Waals surface area contributed by atoms with Crippen LogP contribution in [0, 0.1) is 20.8 Å². The predicted octanol–water partition coefficient (Wildman–Crippen LogP) is 4.11. The Morgan fingerprint density at radius 3 is 2.79 bits per heavy atom. The molecule has 2 N–H and O–H groups in total. The topological polar surface area (TPSA) is 67.8 Å². The van der Waals surface area contributed by atoms with Crippen molar-refractivity contribution >= 4 is 41.3 Å². The number of nitrogens with one attached hydrogen (secondary N) is 2. The second-order valence-electron chi connectivity index (χ2n) is 7.01. The van der Waals surface area contributed by atoms with Crippen LogP contribution >= 0.6 is 35.3 Å². The predicted molar refractivity (Wildman–Crippen MR) is 130 cm³/mol. The molecule has 0 saturated carbocycles. The highest BCUT2D eigenvalue weighted by atomic mass is 127. The summed E-state index contributed by atoms with van der Waals surface area (Å²) in [4.78, 5) is 10.6. The number of aryl methyl sites for hydroxylation is 3. The average molecular weight is 530 g/mol. The van der Waals surface area contributed by atoms with Crippen molar-refractivity contribution in [1.82, 2.24) is 15.6 Å². The number of halogens is 1. The van der Waals surface area contributed by atoms with Crippen LogP contribution in [-0.2, 0) is 17.8 Å². The van der Waals surface area contributed by atoms with Crippen LogP contribution in [0.4, 0.5) is 0 Å². The molecule has 160 valence electrons. The van der Waals surface area contributed by atoms with Crippen LogP contribution in [0.25, 0.3) is 0 Å². The number of guanidine groups is 1. The van der Waals surface area contributed by atoms with Gasteiger partial charge in [-0.1, -0.05) is 12.1 Å². The van der Waals surface area contributed by atoms with Crippen molar-refractivity contribution < 1.29 is 9.47 Å². The van der Waals surface area contributed by atoms with E-state index in [1.54, 1.807) is 11.3 Å². The summed E-state index contributed by atoms with van der Waals surface area (Å²) in [6, 6.07) is 6.29. The maximum atomic E-state index is 6.18. The molecular weight excluding hydrogens is 499 g/mol. The van der Waals surface area contributed by atoms with Gasteiger partial charge in [0.15, 0.2) is 5.96 Å². The number of rotatable bonds is 7. The van der Waals surface area contributed by atoms with E-state index >= 15 is 0 Å². The van der Waals surface area contributed by atoms with Crippen molar-refractivity contribution in [2.45, 2.75) is 53.3 Å². The third kappa shape index (κ3) is 7.11. The molecule has 1 aliphatic heterocycles. The lowest BCUT2D eigenvalue weighted by Crippen LogP contribution is -2.36. The average Bonchev–Trinajstić information content (AvgIpc) is 3.28. The van der Waals surface area contributed by atoms with Crippen molar-refractivity contribution in [1.29, 1.82) is 0 Å². The number of aliphatic imine (C=N–C) groups is 1. The number of aromatic nitrogens is 1. The van der Waals surface area contributed by atoms with E-state index in [0.717, 1.165) is 47.5 Å². The van der Waals surface area contributed by atoms with E-state index in [0.29, 0.717) is 19.7 Å². The molecule has 1 saturated heterocycles. The molecule has 0 bridgehead atoms. The van der Waals surface area contributed by atoms with Crippen molar-refractivity contribution in [2.24, 2.45) is 4.99 Å². The Bertz CT molecular complexity index is 800. The number of nitrogens with zero attached hydrogens (tertiary/aromatic N) is 2. The minimum absolute atomic E-state index is 0. The minimum Gasteiger partial charge on any atom is -0.488 e. The van der Waals surface area contributed by atoms with Crippen LogP contribution in [0.1, 0.15) is 40.1 Å². The maximum Gasteiger partial charge on any atom is 0.191 e. The first-order valence-electron chi connectivity index (χ1n) is 9.84. The molecule has 0 radical (unpaired) electrons. The summed E-state index contributed by atoms with van der Waals surface area (Å²) >= 11 is 1.72. The maximum absolute atomic E-state index is 6.18. The minimum atomic E-state index is 0. The number of benzene rings is 1. The fourth-order valence-electron chi connectivity index (χ4n) is 2.97. The summed E-state index contributed by atoms with van der Waals surface area (Å²) in [6.45, 7) is 11.7. The van der Waals surface area contributed by atoms with Gasteiger partial charge in [0.05, 0.1) is 32.0 Å². The van der Waals surface area contributed by atoms with E-state index in [1.807, 2.05) is 6.92 Å². The molecular formula is C21H31IN4O2S. The first kappa shape index (κ1) is 23.9. The van der Waals surface area contributed by atoms with Gasteiger partial charge in [0.1, 0.15) is 16.9 Å². The fourth-order valence-corrected chi connectivity index (χ4v) is 3.84. The molecule has 8 heteroatoms. The highest BCUT2D eigenvalue weighted by Gasteiger charge is 2.18. The second-order valence-corrected chi connectivity index (χ2v) is 8.30. The van der Waals surface area contributed by atoms with Gasteiger partial charge in [0.2, 0.25) is 0 Å². The summed E-state index contributed by atoms with van der Waals surface area (Å²) in [5.74, 6) is 1.69. The van der Waals surface area contributed by atoms with Gasteiger partial charge in [-0.15, -0.1) is 35.3 Å². The lowest BCUT2D eigenvalue weighted by atomic mass is 10.1. The number of hydrogen-bond donors (Lipinski definition) is 2. The second kappa shape index (κ2) is 11.7. The normalized spacial score (nSPS) is 16.4. The first-order valence-corrected chi connectivity index (χ1v) is 10.7. The van der Waals surface area contributed by atoms with Gasteiger partial charge in [0.25, 0.3) is 0 Å². The van der Waals surface area contributed by atoms with E-state index in [-0.39, 0.29) is 30.1 Å². The molecule has 0 aliphatic carbocycles. The zero-order valence-electron chi connectivity index (χ0n) is 17.6. The monoisotopic (exact) mass is 530 g/mol. The Morgan fingerprint density at radius 2 is 2.14 bits per heavy atom. The molecule has 3 rings (SSSR count). The molecule has 0 spiro atoms. The van der Waals surface area contributed by atoms with E-state index in [4.69, 9.17) is 14.5 Å². The van der Waals surface area contributed by atoms with Gasteiger partial charge in [-0.25, -0.2) is 9.98 Å². The lowest BCUT2D eigenvalue weighted by Gasteiger charge is -2.16. The van der Waals surface area contributed by atoms with Gasteiger partial charge in [-0.3, -0.25) is 0 Å². The Labute approximate surface area is 194 Å². The molecule has 1 unspecified atom stereocenters. The van der Waals surface area contributed by atoms with Crippen LogP contribution in [0.15, 0.2) is 23.2 Å². The fraction of sp³-hybridized carbons (Fsp3) is 0.524. The molecule has 1 aromatic heterocycles. The quantitative estimate of drug-likeness (QED) is 0.321. The Morgan fingerprint density at radius 1 is 1.31 bits per heavy atom. The number of hydrogen-bond acceptors (Lipinski definition) is 5. The largest absolute Gasteiger partial charge is 0.488 e. The number of ether oxygens (including phenoxy) is 2. The summed E-state index contributed by atoms with van der Waals surface area (Å²) in [5, 5.41) is 7.75. The van der Waals surface area contributed by atoms with Crippen LogP contribution in [0.5, 0.6) is 5.75 Å². The van der Waals surface area contributed by atoms with Gasteiger partial charge in [0, 0.05) is 23.4 Å². The number of thiazole rings is 1. The van der Waals surface area contributed by atoms with Crippen LogP contribution in [0.2, 0.25) is 0 Å². The smallest absolute Gasteiger partial charge is 0.191 e. The van der Waals surface area contributed by atoms with E-state index in [9.17, 15) is 0 Å². The third-order valence-corrected chi connectivity index (χ3v) is 5.71. The van der Waals surface area contributed by atoms with E-state index in [1.165, 1.54) is 10.4 Å². The summed E-state index contributed by atoms with van der Waals surface area (Å²) in [5.41, 5.74) is 3.36. The van der Waals surface area contributed by atoms with Crippen molar-refractivity contribution in [3.8, 4) is 5.75 Å². The molecule has 2 aromatic rings. The third-order valence-electron chi connectivity index (χ3n) is 4.64. The summed E-state index contributed by atoms with van der Waals surface area (Å²) in [7, 11) is 0. The van der Waals surface area contributed by atoms with Crippen LogP contribution in [-0.4, -0.2) is 36.8 Å². The summed E-state index contributed by atoms with van der Waals surface area (Å²) in [6.07, 6.45) is 1.07. The lowest BCUT2D eigenvalue weighted by molar-refractivity contribution is 0.140. The highest BCUT2D eigenvalue weighted by Crippen LogP contribution is 2.24. The first-order chi connectivity index (χ1) is 13.5. The molecule has 0 amide bonds. The molecule has 1 atom stereocenters. The van der Waals surface area contributed by atoms with Crippen LogP contribution in [0.3, 0.4) is 0 Å². The van der Waals surface area contributed by atoms with Crippen molar-refractivity contribution in [3.05, 3.63) is 44.9 Å². The van der Waals surface area contributed by atoms with E-state index < -0.39 is 0 Å². The van der Waals surface area contributed by atoms with Gasteiger partial charge < -0.3 is 20.1 Å². The zero-order valence-corrected chi connectivity index (χ0v) is 20.7. The zero-order chi connectivity index (χ0) is 19.9. The van der Waals surface area contributed by atoms with Crippen LogP contribution < -0.4 is 15.4 Å². The molecule has 1 aliphatic rings. The Kier molecular flexibility index (Phi) is 9.64.